The summed E-state index contributed by atoms with van der Waals surface area (Å²) in [6.07, 6.45) is 5.01. The molecule has 94 valence electrons. The summed E-state index contributed by atoms with van der Waals surface area (Å²) in [6, 6.07) is 0. The van der Waals surface area contributed by atoms with Crippen LogP contribution in [-0.4, -0.2) is 36.8 Å². The van der Waals surface area contributed by atoms with Gasteiger partial charge in [0.25, 0.3) is 0 Å². The average molecular weight is 228 g/mol. The smallest absolute Gasteiger partial charge is 0.233 e. The Morgan fingerprint density at radius 2 is 2.12 bits per heavy atom. The highest BCUT2D eigenvalue weighted by atomic mass is 16.3. The standard InChI is InChI=1S/C12H24N2O2/c1-2-7-13-9-12(16)14-8-10-5-3-4-6-11(10)15/h10-11,13,15H,2-9H2,1H3,(H,14,16). The van der Waals surface area contributed by atoms with Crippen LogP contribution in [0, 0.1) is 5.92 Å². The molecule has 0 aromatic carbocycles. The molecule has 16 heavy (non-hydrogen) atoms. The molecule has 0 aromatic rings. The second kappa shape index (κ2) is 7.63. The number of carbonyl (C=O) groups is 1. The number of aliphatic hydroxyl groups is 1. The lowest BCUT2D eigenvalue weighted by molar-refractivity contribution is -0.120. The number of nitrogens with one attached hydrogen (secondary N) is 2. The summed E-state index contributed by atoms with van der Waals surface area (Å²) in [5.41, 5.74) is 0. The number of aliphatic hydroxyl groups excluding tert-OH is 1. The van der Waals surface area contributed by atoms with Crippen LogP contribution in [-0.2, 0) is 4.79 Å². The van der Waals surface area contributed by atoms with Crippen LogP contribution in [0.1, 0.15) is 39.0 Å². The Morgan fingerprint density at radius 1 is 1.38 bits per heavy atom. The van der Waals surface area contributed by atoms with Crippen molar-refractivity contribution in [2.45, 2.75) is 45.1 Å². The molecule has 2 atom stereocenters. The molecule has 1 amide bonds. The van der Waals surface area contributed by atoms with Crippen molar-refractivity contribution in [3.05, 3.63) is 0 Å². The minimum Gasteiger partial charge on any atom is -0.393 e. The van der Waals surface area contributed by atoms with E-state index >= 15 is 0 Å². The summed E-state index contributed by atoms with van der Waals surface area (Å²) >= 11 is 0. The van der Waals surface area contributed by atoms with Crippen molar-refractivity contribution in [2.24, 2.45) is 5.92 Å². The van der Waals surface area contributed by atoms with E-state index in [1.807, 2.05) is 0 Å². The summed E-state index contributed by atoms with van der Waals surface area (Å²) in [4.78, 5) is 11.4. The van der Waals surface area contributed by atoms with E-state index < -0.39 is 0 Å². The molecule has 1 aliphatic carbocycles. The third kappa shape index (κ3) is 4.94. The van der Waals surface area contributed by atoms with E-state index in [4.69, 9.17) is 0 Å². The third-order valence-electron chi connectivity index (χ3n) is 3.14. The average Bonchev–Trinajstić information content (AvgIpc) is 2.28. The first-order valence-electron chi connectivity index (χ1n) is 6.39. The highest BCUT2D eigenvalue weighted by molar-refractivity contribution is 5.77. The Labute approximate surface area is 97.8 Å². The fourth-order valence-corrected chi connectivity index (χ4v) is 2.11. The van der Waals surface area contributed by atoms with Crippen molar-refractivity contribution >= 4 is 5.91 Å². The Kier molecular flexibility index (Phi) is 6.42. The second-order valence-corrected chi connectivity index (χ2v) is 4.59. The molecule has 1 saturated carbocycles. The normalized spacial score (nSPS) is 25.4. The maximum absolute atomic E-state index is 11.4. The van der Waals surface area contributed by atoms with Crippen LogP contribution >= 0.6 is 0 Å². The minimum atomic E-state index is -0.224. The molecule has 0 saturated heterocycles. The summed E-state index contributed by atoms with van der Waals surface area (Å²) < 4.78 is 0. The number of carbonyl (C=O) groups excluding carboxylic acids is 1. The maximum Gasteiger partial charge on any atom is 0.233 e. The van der Waals surface area contributed by atoms with E-state index in [0.29, 0.717) is 13.1 Å². The summed E-state index contributed by atoms with van der Waals surface area (Å²) in [7, 11) is 0. The molecule has 0 aliphatic heterocycles. The molecule has 4 heteroatoms. The molecule has 1 rings (SSSR count). The molecule has 2 unspecified atom stereocenters. The zero-order chi connectivity index (χ0) is 11.8. The lowest BCUT2D eigenvalue weighted by Gasteiger charge is -2.27. The fraction of sp³-hybridized carbons (Fsp3) is 0.917. The van der Waals surface area contributed by atoms with Gasteiger partial charge in [0.05, 0.1) is 12.6 Å². The van der Waals surface area contributed by atoms with E-state index in [0.717, 1.165) is 32.2 Å². The van der Waals surface area contributed by atoms with Crippen LogP contribution in [0.3, 0.4) is 0 Å². The quantitative estimate of drug-likeness (QED) is 0.585. The van der Waals surface area contributed by atoms with Crippen LogP contribution in [0.15, 0.2) is 0 Å². The van der Waals surface area contributed by atoms with Crippen LogP contribution in [0.2, 0.25) is 0 Å². The van der Waals surface area contributed by atoms with Crippen LogP contribution in [0.4, 0.5) is 0 Å². The van der Waals surface area contributed by atoms with Gasteiger partial charge in [0.2, 0.25) is 5.91 Å². The fourth-order valence-electron chi connectivity index (χ4n) is 2.11. The first kappa shape index (κ1) is 13.5. The first-order chi connectivity index (χ1) is 7.74. The highest BCUT2D eigenvalue weighted by Gasteiger charge is 2.22. The van der Waals surface area contributed by atoms with E-state index in [1.165, 1.54) is 6.42 Å². The van der Waals surface area contributed by atoms with Crippen LogP contribution < -0.4 is 10.6 Å². The highest BCUT2D eigenvalue weighted by Crippen LogP contribution is 2.23. The van der Waals surface area contributed by atoms with Gasteiger partial charge in [0, 0.05) is 12.5 Å². The summed E-state index contributed by atoms with van der Waals surface area (Å²) in [6.45, 7) is 3.95. The van der Waals surface area contributed by atoms with Gasteiger partial charge in [-0.2, -0.15) is 0 Å². The third-order valence-corrected chi connectivity index (χ3v) is 3.14. The Morgan fingerprint density at radius 3 is 2.81 bits per heavy atom. The van der Waals surface area contributed by atoms with Gasteiger partial charge in [-0.3, -0.25) is 4.79 Å². The molecule has 0 radical (unpaired) electrons. The molecule has 0 bridgehead atoms. The van der Waals surface area contributed by atoms with Crippen LogP contribution in [0.25, 0.3) is 0 Å². The molecule has 0 aromatic heterocycles. The van der Waals surface area contributed by atoms with E-state index in [-0.39, 0.29) is 17.9 Å². The Bertz CT molecular complexity index is 209. The van der Waals surface area contributed by atoms with E-state index in [9.17, 15) is 9.90 Å². The largest absolute Gasteiger partial charge is 0.393 e. The molecular formula is C12H24N2O2. The Balaban J connectivity index is 2.10. The van der Waals surface area contributed by atoms with Crippen molar-refractivity contribution in [2.75, 3.05) is 19.6 Å². The molecule has 0 heterocycles. The zero-order valence-corrected chi connectivity index (χ0v) is 10.2. The summed E-state index contributed by atoms with van der Waals surface area (Å²) in [5.74, 6) is 0.287. The summed E-state index contributed by atoms with van der Waals surface area (Å²) in [5, 5.41) is 15.7. The Hall–Kier alpha value is -0.610. The zero-order valence-electron chi connectivity index (χ0n) is 10.2. The number of hydrogen-bond donors (Lipinski definition) is 3. The van der Waals surface area contributed by atoms with Crippen molar-refractivity contribution < 1.29 is 9.90 Å². The van der Waals surface area contributed by atoms with Crippen molar-refractivity contribution in [1.82, 2.24) is 10.6 Å². The molecule has 0 spiro atoms. The van der Waals surface area contributed by atoms with E-state index in [2.05, 4.69) is 17.6 Å². The predicted molar refractivity (Wildman–Crippen MR) is 64.1 cm³/mol. The van der Waals surface area contributed by atoms with Gasteiger partial charge >= 0.3 is 0 Å². The van der Waals surface area contributed by atoms with Gasteiger partial charge in [0.1, 0.15) is 0 Å². The molecule has 3 N–H and O–H groups in total. The lowest BCUT2D eigenvalue weighted by atomic mass is 9.86. The van der Waals surface area contributed by atoms with E-state index in [1.54, 1.807) is 0 Å². The van der Waals surface area contributed by atoms with Gasteiger partial charge < -0.3 is 15.7 Å². The van der Waals surface area contributed by atoms with Crippen molar-refractivity contribution in [3.8, 4) is 0 Å². The van der Waals surface area contributed by atoms with Gasteiger partial charge in [0.15, 0.2) is 0 Å². The monoisotopic (exact) mass is 228 g/mol. The minimum absolute atomic E-state index is 0.0335. The predicted octanol–water partition coefficient (Wildman–Crippen LogP) is 0.653. The maximum atomic E-state index is 11.4. The number of hydrogen-bond acceptors (Lipinski definition) is 3. The van der Waals surface area contributed by atoms with Crippen molar-refractivity contribution in [1.29, 1.82) is 0 Å². The van der Waals surface area contributed by atoms with Gasteiger partial charge in [-0.1, -0.05) is 19.8 Å². The molecule has 4 nitrogen and oxygen atoms in total. The topological polar surface area (TPSA) is 61.4 Å². The van der Waals surface area contributed by atoms with Gasteiger partial charge in [-0.15, -0.1) is 0 Å². The molecule has 1 aliphatic rings. The van der Waals surface area contributed by atoms with Gasteiger partial charge in [-0.05, 0) is 25.8 Å². The SMILES string of the molecule is CCCNCC(=O)NCC1CCCCC1O. The second-order valence-electron chi connectivity index (χ2n) is 4.59. The number of amides is 1. The number of rotatable bonds is 6. The van der Waals surface area contributed by atoms with Gasteiger partial charge in [-0.25, -0.2) is 0 Å². The van der Waals surface area contributed by atoms with Crippen molar-refractivity contribution in [3.63, 3.8) is 0 Å². The first-order valence-corrected chi connectivity index (χ1v) is 6.39. The molecule has 1 fully saturated rings. The lowest BCUT2D eigenvalue weighted by Crippen LogP contribution is -2.40. The van der Waals surface area contributed by atoms with Crippen LogP contribution in [0.5, 0.6) is 0 Å². The molecular weight excluding hydrogens is 204 g/mol.